The summed E-state index contributed by atoms with van der Waals surface area (Å²) < 4.78 is 5.26. The van der Waals surface area contributed by atoms with E-state index in [1.807, 2.05) is 0 Å². The first-order chi connectivity index (χ1) is 5.35. The van der Waals surface area contributed by atoms with E-state index in [9.17, 15) is 0 Å². The highest BCUT2D eigenvalue weighted by Crippen LogP contribution is 2.26. The molecule has 2 N–H and O–H groups in total. The van der Waals surface area contributed by atoms with E-state index in [1.54, 1.807) is 0 Å². The zero-order valence-electron chi connectivity index (χ0n) is 6.68. The molecule has 0 aromatic rings. The number of rotatable bonds is 3. The van der Waals surface area contributed by atoms with Crippen molar-refractivity contribution in [3.8, 4) is 0 Å². The van der Waals surface area contributed by atoms with Crippen LogP contribution in [-0.2, 0) is 4.74 Å². The number of hydrogen-bond acceptors (Lipinski definition) is 3. The van der Waals surface area contributed by atoms with Gasteiger partial charge in [0.1, 0.15) is 0 Å². The van der Waals surface area contributed by atoms with Crippen molar-refractivity contribution in [3.05, 3.63) is 0 Å². The van der Waals surface area contributed by atoms with Crippen LogP contribution in [0.2, 0.25) is 0 Å². The van der Waals surface area contributed by atoms with Crippen LogP contribution in [0, 0.1) is 0 Å². The summed E-state index contributed by atoms with van der Waals surface area (Å²) in [6, 6.07) is 0.656. The summed E-state index contributed by atoms with van der Waals surface area (Å²) in [5, 5.41) is 12.6. The van der Waals surface area contributed by atoms with Gasteiger partial charge in [0.15, 0.2) is 0 Å². The van der Waals surface area contributed by atoms with Gasteiger partial charge < -0.3 is 15.2 Å². The van der Waals surface area contributed by atoms with Gasteiger partial charge in [-0.25, -0.2) is 0 Å². The van der Waals surface area contributed by atoms with E-state index in [2.05, 4.69) is 5.32 Å². The number of aliphatic hydroxyl groups is 1. The standard InChI is InChI=1S/C8H15NO2/c10-5-8(3-4-11-6-8)9-7-1-2-7/h7,9-10H,1-6H2. The summed E-state index contributed by atoms with van der Waals surface area (Å²) in [5.74, 6) is 0. The van der Waals surface area contributed by atoms with E-state index in [0.29, 0.717) is 12.6 Å². The maximum absolute atomic E-state index is 9.15. The fourth-order valence-electron chi connectivity index (χ4n) is 1.55. The number of hydrogen-bond donors (Lipinski definition) is 2. The molecule has 1 atom stereocenters. The minimum atomic E-state index is -0.0961. The average molecular weight is 157 g/mol. The van der Waals surface area contributed by atoms with Gasteiger partial charge in [0.2, 0.25) is 0 Å². The van der Waals surface area contributed by atoms with Gasteiger partial charge in [-0.2, -0.15) is 0 Å². The van der Waals surface area contributed by atoms with E-state index < -0.39 is 0 Å². The molecule has 64 valence electrons. The van der Waals surface area contributed by atoms with E-state index in [4.69, 9.17) is 9.84 Å². The Morgan fingerprint density at radius 1 is 1.55 bits per heavy atom. The number of nitrogens with one attached hydrogen (secondary N) is 1. The summed E-state index contributed by atoms with van der Waals surface area (Å²) >= 11 is 0. The molecule has 0 radical (unpaired) electrons. The summed E-state index contributed by atoms with van der Waals surface area (Å²) in [4.78, 5) is 0. The Bertz CT molecular complexity index is 139. The van der Waals surface area contributed by atoms with Crippen molar-refractivity contribution in [2.75, 3.05) is 19.8 Å². The van der Waals surface area contributed by atoms with Crippen LogP contribution in [0.5, 0.6) is 0 Å². The van der Waals surface area contributed by atoms with Gasteiger partial charge in [-0.05, 0) is 19.3 Å². The highest BCUT2D eigenvalue weighted by molar-refractivity contribution is 4.97. The monoisotopic (exact) mass is 157 g/mol. The van der Waals surface area contributed by atoms with Crippen LogP contribution in [0.4, 0.5) is 0 Å². The number of aliphatic hydroxyl groups excluding tert-OH is 1. The lowest BCUT2D eigenvalue weighted by Crippen LogP contribution is -2.50. The molecule has 1 saturated heterocycles. The van der Waals surface area contributed by atoms with Crippen molar-refractivity contribution >= 4 is 0 Å². The molecule has 2 aliphatic rings. The van der Waals surface area contributed by atoms with Gasteiger partial charge in [0, 0.05) is 12.6 Å². The Labute approximate surface area is 66.7 Å². The van der Waals surface area contributed by atoms with Gasteiger partial charge in [-0.15, -0.1) is 0 Å². The zero-order chi connectivity index (χ0) is 7.73. The second kappa shape index (κ2) is 2.73. The Morgan fingerprint density at radius 3 is 2.82 bits per heavy atom. The van der Waals surface area contributed by atoms with E-state index >= 15 is 0 Å². The maximum Gasteiger partial charge on any atom is 0.0675 e. The Kier molecular flexibility index (Phi) is 1.87. The van der Waals surface area contributed by atoms with Crippen LogP contribution in [-0.4, -0.2) is 36.5 Å². The fraction of sp³-hybridized carbons (Fsp3) is 1.00. The quantitative estimate of drug-likeness (QED) is 0.600. The molecule has 0 bridgehead atoms. The lowest BCUT2D eigenvalue weighted by atomic mass is 10.0. The van der Waals surface area contributed by atoms with E-state index in [-0.39, 0.29) is 12.1 Å². The topological polar surface area (TPSA) is 41.5 Å². The average Bonchev–Trinajstić information content (AvgIpc) is 2.68. The van der Waals surface area contributed by atoms with Gasteiger partial charge >= 0.3 is 0 Å². The maximum atomic E-state index is 9.15. The largest absolute Gasteiger partial charge is 0.394 e. The van der Waals surface area contributed by atoms with Crippen molar-refractivity contribution in [3.63, 3.8) is 0 Å². The molecule has 1 unspecified atom stereocenters. The second-order valence-electron chi connectivity index (χ2n) is 3.66. The first-order valence-electron chi connectivity index (χ1n) is 4.31. The van der Waals surface area contributed by atoms with Crippen molar-refractivity contribution in [1.29, 1.82) is 0 Å². The lowest BCUT2D eigenvalue weighted by Gasteiger charge is -2.26. The molecule has 1 aliphatic carbocycles. The predicted molar refractivity (Wildman–Crippen MR) is 41.4 cm³/mol. The fourth-order valence-corrected chi connectivity index (χ4v) is 1.55. The van der Waals surface area contributed by atoms with Gasteiger partial charge in [-0.1, -0.05) is 0 Å². The Balaban J connectivity index is 1.91. The van der Waals surface area contributed by atoms with E-state index in [0.717, 1.165) is 13.0 Å². The van der Waals surface area contributed by atoms with Crippen molar-refractivity contribution < 1.29 is 9.84 Å². The molecule has 0 spiro atoms. The summed E-state index contributed by atoms with van der Waals surface area (Å²) in [6.07, 6.45) is 3.49. The summed E-state index contributed by atoms with van der Waals surface area (Å²) in [7, 11) is 0. The summed E-state index contributed by atoms with van der Waals surface area (Å²) in [5.41, 5.74) is -0.0961. The van der Waals surface area contributed by atoms with Crippen LogP contribution in [0.15, 0.2) is 0 Å². The minimum absolute atomic E-state index is 0.0961. The molecule has 1 aliphatic heterocycles. The highest BCUT2D eigenvalue weighted by atomic mass is 16.5. The normalized spacial score (nSPS) is 37.9. The lowest BCUT2D eigenvalue weighted by molar-refractivity contribution is 0.120. The predicted octanol–water partition coefficient (Wildman–Crippen LogP) is -0.110. The van der Waals surface area contributed by atoms with Crippen LogP contribution < -0.4 is 5.32 Å². The van der Waals surface area contributed by atoms with Crippen molar-refractivity contribution in [1.82, 2.24) is 5.32 Å². The van der Waals surface area contributed by atoms with Crippen LogP contribution in [0.1, 0.15) is 19.3 Å². The first-order valence-corrected chi connectivity index (χ1v) is 4.31. The molecule has 11 heavy (non-hydrogen) atoms. The third-order valence-electron chi connectivity index (χ3n) is 2.49. The van der Waals surface area contributed by atoms with Gasteiger partial charge in [-0.3, -0.25) is 0 Å². The molecule has 3 heteroatoms. The Hall–Kier alpha value is -0.120. The Morgan fingerprint density at radius 2 is 2.36 bits per heavy atom. The third kappa shape index (κ3) is 1.55. The zero-order valence-corrected chi connectivity index (χ0v) is 6.68. The van der Waals surface area contributed by atoms with Gasteiger partial charge in [0.05, 0.1) is 18.8 Å². The molecular weight excluding hydrogens is 142 g/mol. The molecular formula is C8H15NO2. The molecule has 1 saturated carbocycles. The van der Waals surface area contributed by atoms with Crippen molar-refractivity contribution in [2.45, 2.75) is 30.8 Å². The molecule has 1 heterocycles. The first kappa shape index (κ1) is 7.53. The molecule has 2 fully saturated rings. The van der Waals surface area contributed by atoms with E-state index in [1.165, 1.54) is 12.8 Å². The van der Waals surface area contributed by atoms with Crippen LogP contribution >= 0.6 is 0 Å². The molecule has 0 aromatic heterocycles. The number of ether oxygens (including phenoxy) is 1. The minimum Gasteiger partial charge on any atom is -0.394 e. The van der Waals surface area contributed by atoms with Crippen LogP contribution in [0.25, 0.3) is 0 Å². The van der Waals surface area contributed by atoms with Crippen LogP contribution in [0.3, 0.4) is 0 Å². The SMILES string of the molecule is OCC1(NC2CC2)CCOC1. The van der Waals surface area contributed by atoms with Gasteiger partial charge in [0.25, 0.3) is 0 Å². The molecule has 0 amide bonds. The smallest absolute Gasteiger partial charge is 0.0675 e. The molecule has 2 rings (SSSR count). The summed E-state index contributed by atoms with van der Waals surface area (Å²) in [6.45, 7) is 1.68. The highest BCUT2D eigenvalue weighted by Gasteiger charge is 2.38. The molecule has 0 aromatic carbocycles. The second-order valence-corrected chi connectivity index (χ2v) is 3.66. The molecule has 3 nitrogen and oxygen atoms in total. The third-order valence-corrected chi connectivity index (χ3v) is 2.49. The van der Waals surface area contributed by atoms with Crippen molar-refractivity contribution in [2.24, 2.45) is 0 Å².